The fourth-order valence-electron chi connectivity index (χ4n) is 2.12. The van der Waals surface area contributed by atoms with Gasteiger partial charge in [0, 0.05) is 5.56 Å². The first-order valence-corrected chi connectivity index (χ1v) is 9.89. The fourth-order valence-corrected chi connectivity index (χ4v) is 3.43. The normalized spacial score (nSPS) is 10.8. The Bertz CT molecular complexity index is 1010. The molecule has 3 aromatic rings. The molecular formula is C16H11Cl4N5OS. The van der Waals surface area contributed by atoms with Crippen LogP contribution in [-0.2, 0) is 4.79 Å². The topological polar surface area (TPSA) is 85.8 Å². The van der Waals surface area contributed by atoms with Crippen LogP contribution in [0.1, 0.15) is 0 Å². The van der Waals surface area contributed by atoms with Gasteiger partial charge in [0.05, 0.1) is 31.5 Å². The Labute approximate surface area is 178 Å². The van der Waals surface area contributed by atoms with Crippen LogP contribution < -0.4 is 11.2 Å². The molecule has 0 radical (unpaired) electrons. The summed E-state index contributed by atoms with van der Waals surface area (Å²) < 4.78 is 1.28. The van der Waals surface area contributed by atoms with E-state index in [1.54, 1.807) is 36.4 Å². The number of halogens is 4. The lowest BCUT2D eigenvalue weighted by atomic mass is 10.2. The molecule has 6 nitrogen and oxygen atoms in total. The van der Waals surface area contributed by atoms with Gasteiger partial charge in [-0.1, -0.05) is 64.2 Å². The van der Waals surface area contributed by atoms with Crippen LogP contribution in [0.5, 0.6) is 0 Å². The maximum absolute atomic E-state index is 12.2. The summed E-state index contributed by atoms with van der Waals surface area (Å²) in [4.78, 5) is 12.2. The highest BCUT2D eigenvalue weighted by Crippen LogP contribution is 2.30. The van der Waals surface area contributed by atoms with Crippen molar-refractivity contribution in [1.29, 1.82) is 0 Å². The predicted octanol–water partition coefficient (Wildman–Crippen LogP) is 5.00. The molecule has 0 unspecified atom stereocenters. The molecule has 140 valence electrons. The van der Waals surface area contributed by atoms with Crippen LogP contribution in [0.15, 0.2) is 41.6 Å². The van der Waals surface area contributed by atoms with Crippen molar-refractivity contribution in [2.24, 2.45) is 0 Å². The number of aromatic nitrogens is 3. The van der Waals surface area contributed by atoms with Gasteiger partial charge in [0.25, 0.3) is 0 Å². The maximum Gasteiger partial charge on any atom is 0.234 e. The molecule has 0 saturated carbocycles. The second-order valence-electron chi connectivity index (χ2n) is 5.24. The zero-order valence-corrected chi connectivity index (χ0v) is 17.3. The van der Waals surface area contributed by atoms with Crippen LogP contribution in [-0.4, -0.2) is 26.5 Å². The Kier molecular flexibility index (Phi) is 6.39. The highest BCUT2D eigenvalue weighted by atomic mass is 35.5. The first kappa shape index (κ1) is 20.1. The van der Waals surface area contributed by atoms with Gasteiger partial charge in [0.15, 0.2) is 5.82 Å². The molecule has 27 heavy (non-hydrogen) atoms. The number of hydrogen-bond acceptors (Lipinski definition) is 5. The van der Waals surface area contributed by atoms with E-state index in [2.05, 4.69) is 15.5 Å². The van der Waals surface area contributed by atoms with E-state index in [1.165, 1.54) is 4.68 Å². The van der Waals surface area contributed by atoms with E-state index in [0.29, 0.717) is 37.3 Å². The summed E-state index contributed by atoms with van der Waals surface area (Å²) in [5, 5.41) is 12.5. The summed E-state index contributed by atoms with van der Waals surface area (Å²) >= 11 is 25.0. The molecule has 0 aliphatic rings. The Morgan fingerprint density at radius 1 is 1.07 bits per heavy atom. The number of nitrogens with one attached hydrogen (secondary N) is 1. The highest BCUT2D eigenvalue weighted by Gasteiger charge is 2.15. The van der Waals surface area contributed by atoms with Gasteiger partial charge >= 0.3 is 0 Å². The van der Waals surface area contributed by atoms with Crippen LogP contribution >= 0.6 is 58.2 Å². The number of rotatable bonds is 5. The zero-order chi connectivity index (χ0) is 19.6. The average molecular weight is 463 g/mol. The van der Waals surface area contributed by atoms with Crippen LogP contribution in [0, 0.1) is 0 Å². The van der Waals surface area contributed by atoms with Crippen LogP contribution in [0.25, 0.3) is 11.4 Å². The summed E-state index contributed by atoms with van der Waals surface area (Å²) in [5.74, 6) is 6.19. The van der Waals surface area contributed by atoms with E-state index in [0.717, 1.165) is 11.8 Å². The minimum absolute atomic E-state index is 0.0551. The third-order valence-corrected chi connectivity index (χ3v) is 5.90. The molecule has 1 heterocycles. The van der Waals surface area contributed by atoms with Crippen molar-refractivity contribution in [3.8, 4) is 11.4 Å². The Morgan fingerprint density at radius 2 is 1.85 bits per heavy atom. The van der Waals surface area contributed by atoms with Gasteiger partial charge in [-0.2, -0.15) is 0 Å². The molecule has 0 bridgehead atoms. The van der Waals surface area contributed by atoms with Crippen molar-refractivity contribution in [3.63, 3.8) is 0 Å². The lowest BCUT2D eigenvalue weighted by Crippen LogP contribution is -2.16. The van der Waals surface area contributed by atoms with E-state index in [1.807, 2.05) is 0 Å². The zero-order valence-electron chi connectivity index (χ0n) is 13.4. The van der Waals surface area contributed by atoms with E-state index in [-0.39, 0.29) is 16.7 Å². The molecular weight excluding hydrogens is 452 g/mol. The average Bonchev–Trinajstić information content (AvgIpc) is 3.00. The molecule has 11 heteroatoms. The minimum atomic E-state index is -0.289. The maximum atomic E-state index is 12.2. The summed E-state index contributed by atoms with van der Waals surface area (Å²) in [7, 11) is 0. The minimum Gasteiger partial charge on any atom is -0.335 e. The first-order chi connectivity index (χ1) is 12.9. The number of carbonyl (C=O) groups is 1. The number of anilines is 1. The molecule has 1 amide bonds. The Morgan fingerprint density at radius 3 is 2.59 bits per heavy atom. The standard InChI is InChI=1S/C16H11Cl4N5OS/c17-9-5-4-8(6-11(9)19)15-23-24-16(25(15)21)27-7-13(26)22-12-3-1-2-10(18)14(12)20/h1-6H,7,21H2,(H,22,26). The number of amides is 1. The lowest BCUT2D eigenvalue weighted by molar-refractivity contribution is -0.113. The monoisotopic (exact) mass is 461 g/mol. The molecule has 0 fully saturated rings. The van der Waals surface area contributed by atoms with Gasteiger partial charge in [-0.3, -0.25) is 4.79 Å². The van der Waals surface area contributed by atoms with Gasteiger partial charge in [-0.15, -0.1) is 10.2 Å². The number of benzene rings is 2. The second kappa shape index (κ2) is 8.58. The Balaban J connectivity index is 1.68. The van der Waals surface area contributed by atoms with Gasteiger partial charge < -0.3 is 11.2 Å². The third kappa shape index (κ3) is 4.62. The number of hydrogen-bond donors (Lipinski definition) is 2. The molecule has 3 N–H and O–H groups in total. The van der Waals surface area contributed by atoms with E-state index in [4.69, 9.17) is 52.2 Å². The summed E-state index contributed by atoms with van der Waals surface area (Å²) in [6, 6.07) is 9.99. The molecule has 0 aliphatic carbocycles. The SMILES string of the molecule is Nn1c(SCC(=O)Nc2cccc(Cl)c2Cl)nnc1-c1ccc(Cl)c(Cl)c1. The molecule has 1 aromatic heterocycles. The predicted molar refractivity (Wildman–Crippen MR) is 111 cm³/mol. The van der Waals surface area contributed by atoms with Gasteiger partial charge in [-0.05, 0) is 30.3 Å². The smallest absolute Gasteiger partial charge is 0.234 e. The van der Waals surface area contributed by atoms with Crippen molar-refractivity contribution in [1.82, 2.24) is 14.9 Å². The number of nitrogens with zero attached hydrogens (tertiary/aromatic N) is 3. The van der Waals surface area contributed by atoms with Crippen molar-refractivity contribution in [2.75, 3.05) is 16.9 Å². The van der Waals surface area contributed by atoms with Crippen molar-refractivity contribution in [3.05, 3.63) is 56.5 Å². The highest BCUT2D eigenvalue weighted by molar-refractivity contribution is 7.99. The lowest BCUT2D eigenvalue weighted by Gasteiger charge is -2.08. The van der Waals surface area contributed by atoms with E-state index >= 15 is 0 Å². The third-order valence-electron chi connectivity index (χ3n) is 3.40. The molecule has 3 rings (SSSR count). The van der Waals surface area contributed by atoms with Gasteiger partial charge in [0.1, 0.15) is 0 Å². The molecule has 0 aliphatic heterocycles. The van der Waals surface area contributed by atoms with Gasteiger partial charge in [-0.25, -0.2) is 4.68 Å². The first-order valence-electron chi connectivity index (χ1n) is 7.39. The van der Waals surface area contributed by atoms with Crippen LogP contribution in [0.4, 0.5) is 5.69 Å². The van der Waals surface area contributed by atoms with E-state index in [9.17, 15) is 4.79 Å². The van der Waals surface area contributed by atoms with Gasteiger partial charge in [0.2, 0.25) is 11.1 Å². The largest absolute Gasteiger partial charge is 0.335 e. The quantitative estimate of drug-likeness (QED) is 0.411. The summed E-state index contributed by atoms with van der Waals surface area (Å²) in [6.07, 6.45) is 0. The van der Waals surface area contributed by atoms with E-state index < -0.39 is 0 Å². The fraction of sp³-hybridized carbons (Fsp3) is 0.0625. The summed E-state index contributed by atoms with van der Waals surface area (Å²) in [5.41, 5.74) is 1.09. The molecule has 0 spiro atoms. The van der Waals surface area contributed by atoms with Crippen LogP contribution in [0.3, 0.4) is 0 Å². The van der Waals surface area contributed by atoms with Crippen molar-refractivity contribution in [2.45, 2.75) is 5.16 Å². The molecule has 2 aromatic carbocycles. The number of nitrogen functional groups attached to an aromatic ring is 1. The number of nitrogens with two attached hydrogens (primary N) is 1. The van der Waals surface area contributed by atoms with Crippen molar-refractivity contribution >= 4 is 69.8 Å². The molecule has 0 saturated heterocycles. The number of carbonyl (C=O) groups excluding carboxylic acids is 1. The Hall–Kier alpha value is -1.64. The number of thioether (sulfide) groups is 1. The summed E-state index contributed by atoms with van der Waals surface area (Å²) in [6.45, 7) is 0. The molecule has 0 atom stereocenters. The van der Waals surface area contributed by atoms with Crippen molar-refractivity contribution < 1.29 is 4.79 Å². The second-order valence-corrected chi connectivity index (χ2v) is 7.79. The van der Waals surface area contributed by atoms with Crippen LogP contribution in [0.2, 0.25) is 20.1 Å².